The van der Waals surface area contributed by atoms with Crippen LogP contribution in [0.4, 0.5) is 10.1 Å². The van der Waals surface area contributed by atoms with E-state index in [9.17, 15) is 19.1 Å². The molecule has 0 fully saturated rings. The van der Waals surface area contributed by atoms with Crippen LogP contribution in [0.15, 0.2) is 65.6 Å². The van der Waals surface area contributed by atoms with E-state index in [1.165, 1.54) is 37.1 Å². The van der Waals surface area contributed by atoms with Gasteiger partial charge in [-0.3, -0.25) is 14.2 Å². The van der Waals surface area contributed by atoms with Gasteiger partial charge in [0, 0.05) is 18.0 Å². The van der Waals surface area contributed by atoms with Gasteiger partial charge in [0.15, 0.2) is 17.2 Å². The molecule has 9 heteroatoms. The van der Waals surface area contributed by atoms with Crippen molar-refractivity contribution in [3.05, 3.63) is 82.5 Å². The molecule has 4 aromatic rings. The Hall–Kier alpha value is -4.40. The zero-order valence-electron chi connectivity index (χ0n) is 17.1. The van der Waals surface area contributed by atoms with Gasteiger partial charge in [-0.2, -0.15) is 0 Å². The van der Waals surface area contributed by atoms with Gasteiger partial charge in [0.1, 0.15) is 17.1 Å². The van der Waals surface area contributed by atoms with Crippen LogP contribution in [0.1, 0.15) is 10.4 Å². The van der Waals surface area contributed by atoms with Gasteiger partial charge in [-0.1, -0.05) is 0 Å². The number of amides is 1. The van der Waals surface area contributed by atoms with Gasteiger partial charge < -0.3 is 19.9 Å². The number of benzene rings is 2. The highest BCUT2D eigenvalue weighted by Crippen LogP contribution is 2.28. The second kappa shape index (κ2) is 8.38. The maximum Gasteiger partial charge on any atom is 0.273 e. The highest BCUT2D eigenvalue weighted by atomic mass is 19.1. The van der Waals surface area contributed by atoms with Crippen molar-refractivity contribution in [2.24, 2.45) is 0 Å². The molecular formula is C23H18FN3O5. The fraction of sp³-hybridized carbons (Fsp3) is 0.0870. The Bertz CT molecular complexity index is 1380. The SMILES string of the molecule is COc1ccc(-n2c(=O)c(C(=O)Nc3ccc(OC)c(F)c3)c(O)c3cccnc32)cc1. The molecule has 2 aromatic heterocycles. The Morgan fingerprint density at radius 2 is 1.84 bits per heavy atom. The summed E-state index contributed by atoms with van der Waals surface area (Å²) in [5, 5.41) is 13.4. The first-order valence-corrected chi connectivity index (χ1v) is 9.46. The summed E-state index contributed by atoms with van der Waals surface area (Å²) in [5.74, 6) is -1.52. The summed E-state index contributed by atoms with van der Waals surface area (Å²) in [6, 6.07) is 13.5. The highest BCUT2D eigenvalue weighted by molar-refractivity contribution is 6.09. The Balaban J connectivity index is 1.87. The summed E-state index contributed by atoms with van der Waals surface area (Å²) in [6.45, 7) is 0. The summed E-state index contributed by atoms with van der Waals surface area (Å²) in [6.07, 6.45) is 1.47. The topological polar surface area (TPSA) is 103 Å². The van der Waals surface area contributed by atoms with Crippen molar-refractivity contribution in [3.63, 3.8) is 0 Å². The van der Waals surface area contributed by atoms with E-state index in [0.29, 0.717) is 11.4 Å². The minimum Gasteiger partial charge on any atom is -0.506 e. The van der Waals surface area contributed by atoms with Gasteiger partial charge in [-0.05, 0) is 48.5 Å². The molecule has 32 heavy (non-hydrogen) atoms. The molecule has 0 unspecified atom stereocenters. The third-order valence-corrected chi connectivity index (χ3v) is 4.87. The maximum atomic E-state index is 14.0. The molecule has 1 amide bonds. The molecule has 0 aliphatic rings. The van der Waals surface area contributed by atoms with E-state index in [1.54, 1.807) is 36.4 Å². The number of hydrogen-bond acceptors (Lipinski definition) is 6. The Labute approximate surface area is 181 Å². The molecule has 0 aliphatic carbocycles. The lowest BCUT2D eigenvalue weighted by atomic mass is 10.1. The van der Waals surface area contributed by atoms with Crippen LogP contribution in [0.5, 0.6) is 17.2 Å². The molecule has 0 saturated carbocycles. The van der Waals surface area contributed by atoms with E-state index >= 15 is 0 Å². The third kappa shape index (κ3) is 3.60. The van der Waals surface area contributed by atoms with E-state index in [2.05, 4.69) is 10.3 Å². The van der Waals surface area contributed by atoms with Gasteiger partial charge in [0.2, 0.25) is 0 Å². The molecular weight excluding hydrogens is 417 g/mol. The summed E-state index contributed by atoms with van der Waals surface area (Å²) in [5.41, 5.74) is -0.603. The van der Waals surface area contributed by atoms with Crippen LogP contribution in [0.25, 0.3) is 16.7 Å². The summed E-state index contributed by atoms with van der Waals surface area (Å²) < 4.78 is 25.2. The van der Waals surface area contributed by atoms with Crippen LogP contribution in [-0.2, 0) is 0 Å². The Morgan fingerprint density at radius 3 is 2.50 bits per heavy atom. The fourth-order valence-corrected chi connectivity index (χ4v) is 3.32. The maximum absolute atomic E-state index is 14.0. The van der Waals surface area contributed by atoms with Crippen LogP contribution < -0.4 is 20.3 Å². The average Bonchev–Trinajstić information content (AvgIpc) is 2.80. The smallest absolute Gasteiger partial charge is 0.273 e. The van der Waals surface area contributed by atoms with E-state index in [4.69, 9.17) is 9.47 Å². The zero-order chi connectivity index (χ0) is 22.8. The van der Waals surface area contributed by atoms with E-state index < -0.39 is 28.6 Å². The van der Waals surface area contributed by atoms with Gasteiger partial charge in [0.05, 0.1) is 25.3 Å². The fourth-order valence-electron chi connectivity index (χ4n) is 3.32. The van der Waals surface area contributed by atoms with Gasteiger partial charge >= 0.3 is 0 Å². The van der Waals surface area contributed by atoms with Crippen LogP contribution in [-0.4, -0.2) is 34.8 Å². The zero-order valence-corrected chi connectivity index (χ0v) is 17.1. The van der Waals surface area contributed by atoms with E-state index in [0.717, 1.165) is 6.07 Å². The number of fused-ring (bicyclic) bond motifs is 1. The number of aromatic nitrogens is 2. The Morgan fingerprint density at radius 1 is 1.09 bits per heavy atom. The van der Waals surface area contributed by atoms with Crippen molar-refractivity contribution < 1.29 is 23.8 Å². The van der Waals surface area contributed by atoms with Crippen molar-refractivity contribution in [2.75, 3.05) is 19.5 Å². The first kappa shape index (κ1) is 20.9. The number of aromatic hydroxyl groups is 1. The molecule has 2 heterocycles. The van der Waals surface area contributed by atoms with Crippen molar-refractivity contribution in [1.29, 1.82) is 0 Å². The molecule has 4 rings (SSSR count). The number of carbonyl (C=O) groups is 1. The molecule has 0 spiro atoms. The third-order valence-electron chi connectivity index (χ3n) is 4.87. The lowest BCUT2D eigenvalue weighted by molar-refractivity contribution is 0.102. The quantitative estimate of drug-likeness (QED) is 0.498. The summed E-state index contributed by atoms with van der Waals surface area (Å²) in [7, 11) is 2.84. The number of nitrogens with one attached hydrogen (secondary N) is 1. The van der Waals surface area contributed by atoms with Crippen LogP contribution in [0.2, 0.25) is 0 Å². The molecule has 0 atom stereocenters. The predicted molar refractivity (Wildman–Crippen MR) is 116 cm³/mol. The highest BCUT2D eigenvalue weighted by Gasteiger charge is 2.24. The number of methoxy groups -OCH3 is 2. The van der Waals surface area contributed by atoms with Crippen molar-refractivity contribution in [2.45, 2.75) is 0 Å². The van der Waals surface area contributed by atoms with Crippen LogP contribution >= 0.6 is 0 Å². The van der Waals surface area contributed by atoms with Crippen LogP contribution in [0, 0.1) is 5.82 Å². The minimum atomic E-state index is -0.898. The summed E-state index contributed by atoms with van der Waals surface area (Å²) >= 11 is 0. The normalized spacial score (nSPS) is 10.7. The number of anilines is 1. The molecule has 2 N–H and O–H groups in total. The van der Waals surface area contributed by atoms with E-state index in [-0.39, 0.29) is 22.5 Å². The molecule has 0 saturated heterocycles. The largest absolute Gasteiger partial charge is 0.506 e. The number of rotatable bonds is 5. The Kier molecular flexibility index (Phi) is 5.46. The van der Waals surface area contributed by atoms with Crippen LogP contribution in [0.3, 0.4) is 0 Å². The molecule has 0 radical (unpaired) electrons. The molecule has 8 nitrogen and oxygen atoms in total. The first-order chi connectivity index (χ1) is 15.4. The molecule has 0 bridgehead atoms. The minimum absolute atomic E-state index is 0.00415. The predicted octanol–water partition coefficient (Wildman–Crippen LogP) is 3.50. The van der Waals surface area contributed by atoms with Crippen molar-refractivity contribution in [3.8, 4) is 22.9 Å². The van der Waals surface area contributed by atoms with Gasteiger partial charge in [-0.25, -0.2) is 9.37 Å². The number of pyridine rings is 2. The number of carbonyl (C=O) groups excluding carboxylic acids is 1. The number of nitrogens with zero attached hydrogens (tertiary/aromatic N) is 2. The second-order valence-corrected chi connectivity index (χ2v) is 6.74. The van der Waals surface area contributed by atoms with Crippen molar-refractivity contribution >= 4 is 22.6 Å². The number of halogens is 1. The molecule has 162 valence electrons. The van der Waals surface area contributed by atoms with Crippen molar-refractivity contribution in [1.82, 2.24) is 9.55 Å². The standard InChI is InChI=1S/C23H18FN3O5/c1-31-15-8-6-14(7-9-15)27-21-16(4-3-11-25-21)20(28)19(23(27)30)22(29)26-13-5-10-18(32-2)17(24)12-13/h3-12,28H,1-2H3,(H,26,29). The first-order valence-electron chi connectivity index (χ1n) is 9.46. The summed E-state index contributed by atoms with van der Waals surface area (Å²) in [4.78, 5) is 30.5. The number of ether oxygens (including phenoxy) is 2. The number of hydrogen-bond donors (Lipinski definition) is 2. The average molecular weight is 435 g/mol. The van der Waals surface area contributed by atoms with Gasteiger partial charge in [0.25, 0.3) is 11.5 Å². The lowest BCUT2D eigenvalue weighted by Gasteiger charge is -2.15. The monoisotopic (exact) mass is 435 g/mol. The molecule has 2 aromatic carbocycles. The lowest BCUT2D eigenvalue weighted by Crippen LogP contribution is -2.29. The van der Waals surface area contributed by atoms with Gasteiger partial charge in [-0.15, -0.1) is 0 Å². The second-order valence-electron chi connectivity index (χ2n) is 6.74. The molecule has 0 aliphatic heterocycles. The van der Waals surface area contributed by atoms with E-state index in [1.807, 2.05) is 0 Å².